The number of fused-ring (bicyclic) bond motifs is 1. The quantitative estimate of drug-likeness (QED) is 0.376. The van der Waals surface area contributed by atoms with Crippen LogP contribution >= 0.6 is 23.1 Å². The molecule has 0 saturated carbocycles. The third-order valence-corrected chi connectivity index (χ3v) is 5.73. The van der Waals surface area contributed by atoms with E-state index >= 15 is 0 Å². The van der Waals surface area contributed by atoms with E-state index in [-0.39, 0.29) is 12.2 Å². The summed E-state index contributed by atoms with van der Waals surface area (Å²) in [6.07, 6.45) is 0.484. The maximum atomic E-state index is 12.8. The van der Waals surface area contributed by atoms with E-state index in [1.807, 2.05) is 35.7 Å². The van der Waals surface area contributed by atoms with Crippen molar-refractivity contribution in [1.82, 2.24) is 19.7 Å². The summed E-state index contributed by atoms with van der Waals surface area (Å²) in [7, 11) is 0. The molecule has 9 heteroatoms. The van der Waals surface area contributed by atoms with E-state index in [2.05, 4.69) is 15.1 Å². The number of aliphatic hydroxyl groups excluding tert-OH is 1. The molecule has 0 radical (unpaired) electrons. The van der Waals surface area contributed by atoms with E-state index in [0.717, 1.165) is 4.88 Å². The third-order valence-electron chi connectivity index (χ3n) is 3.90. The molecule has 4 rings (SSSR count). The smallest absolute Gasteiger partial charge is 0.268 e. The van der Waals surface area contributed by atoms with Crippen LogP contribution in [0.25, 0.3) is 21.7 Å². The molecule has 0 aliphatic carbocycles. The molecule has 27 heavy (non-hydrogen) atoms. The standard InChI is InChI=1S/C18H16N4O3S2/c23-9-4-8-22-17(24)12-5-1-2-6-13(12)19-18(22)27-11-15-20-16(25-21-15)14-7-3-10-26-14/h1-3,5-7,10,23H,4,8-9,11H2. The van der Waals surface area contributed by atoms with Crippen LogP contribution in [0, 0.1) is 0 Å². The van der Waals surface area contributed by atoms with Crippen LogP contribution in [-0.2, 0) is 12.3 Å². The SMILES string of the molecule is O=c1c2ccccc2nc(SCc2noc(-c3cccs3)n2)n1CCCO. The van der Waals surface area contributed by atoms with Gasteiger partial charge < -0.3 is 9.63 Å². The Morgan fingerprint density at radius 3 is 2.89 bits per heavy atom. The summed E-state index contributed by atoms with van der Waals surface area (Å²) in [4.78, 5) is 22.7. The van der Waals surface area contributed by atoms with Crippen LogP contribution < -0.4 is 5.56 Å². The van der Waals surface area contributed by atoms with Crippen LogP contribution in [0.4, 0.5) is 0 Å². The second-order valence-corrected chi connectivity index (χ2v) is 7.62. The van der Waals surface area contributed by atoms with Gasteiger partial charge in [-0.25, -0.2) is 4.98 Å². The van der Waals surface area contributed by atoms with Gasteiger partial charge in [-0.3, -0.25) is 9.36 Å². The third kappa shape index (κ3) is 3.80. The van der Waals surface area contributed by atoms with Gasteiger partial charge in [0.1, 0.15) is 0 Å². The normalized spacial score (nSPS) is 11.3. The number of nitrogens with zero attached hydrogens (tertiary/aromatic N) is 4. The molecule has 1 N–H and O–H groups in total. The molecule has 0 saturated heterocycles. The lowest BCUT2D eigenvalue weighted by Gasteiger charge is -2.11. The zero-order valence-electron chi connectivity index (χ0n) is 14.2. The number of para-hydroxylation sites is 1. The monoisotopic (exact) mass is 400 g/mol. The summed E-state index contributed by atoms with van der Waals surface area (Å²) < 4.78 is 6.90. The summed E-state index contributed by atoms with van der Waals surface area (Å²) in [5, 5.41) is 16.3. The fourth-order valence-corrected chi connectivity index (χ4v) is 4.14. The topological polar surface area (TPSA) is 94.0 Å². The summed E-state index contributed by atoms with van der Waals surface area (Å²) in [6, 6.07) is 11.1. The molecular formula is C18H16N4O3S2. The number of hydrogen-bond acceptors (Lipinski definition) is 8. The number of hydrogen-bond donors (Lipinski definition) is 1. The second kappa shape index (κ2) is 8.03. The molecular weight excluding hydrogens is 384 g/mol. The Balaban J connectivity index is 1.61. The van der Waals surface area contributed by atoms with Gasteiger partial charge in [0.25, 0.3) is 11.4 Å². The van der Waals surface area contributed by atoms with Crippen molar-refractivity contribution in [3.8, 4) is 10.8 Å². The number of aromatic nitrogens is 4. The molecule has 3 heterocycles. The van der Waals surface area contributed by atoms with Crippen molar-refractivity contribution in [2.24, 2.45) is 0 Å². The molecule has 4 aromatic rings. The van der Waals surface area contributed by atoms with Gasteiger partial charge >= 0.3 is 0 Å². The largest absolute Gasteiger partial charge is 0.396 e. The Bertz CT molecular complexity index is 1110. The maximum Gasteiger partial charge on any atom is 0.268 e. The highest BCUT2D eigenvalue weighted by molar-refractivity contribution is 7.98. The number of thioether (sulfide) groups is 1. The first kappa shape index (κ1) is 17.9. The van der Waals surface area contributed by atoms with Gasteiger partial charge in [-0.2, -0.15) is 4.98 Å². The zero-order valence-corrected chi connectivity index (χ0v) is 15.9. The molecule has 0 fully saturated rings. The van der Waals surface area contributed by atoms with E-state index in [1.165, 1.54) is 23.1 Å². The summed E-state index contributed by atoms with van der Waals surface area (Å²) in [5.41, 5.74) is 0.543. The first-order chi connectivity index (χ1) is 13.3. The molecule has 7 nitrogen and oxygen atoms in total. The molecule has 3 aromatic heterocycles. The van der Waals surface area contributed by atoms with Crippen LogP contribution in [-0.4, -0.2) is 31.4 Å². The van der Waals surface area contributed by atoms with Crippen LogP contribution in [0.1, 0.15) is 12.2 Å². The first-order valence-electron chi connectivity index (χ1n) is 8.36. The maximum absolute atomic E-state index is 12.8. The van der Waals surface area contributed by atoms with Gasteiger partial charge in [0, 0.05) is 13.2 Å². The van der Waals surface area contributed by atoms with Crippen molar-refractivity contribution >= 4 is 34.0 Å². The molecule has 1 aromatic carbocycles. The van der Waals surface area contributed by atoms with E-state index in [9.17, 15) is 4.79 Å². The summed E-state index contributed by atoms with van der Waals surface area (Å²) >= 11 is 2.91. The van der Waals surface area contributed by atoms with Crippen LogP contribution in [0.2, 0.25) is 0 Å². The van der Waals surface area contributed by atoms with Gasteiger partial charge in [0.15, 0.2) is 11.0 Å². The molecule has 0 atom stereocenters. The highest BCUT2D eigenvalue weighted by Gasteiger charge is 2.14. The average Bonchev–Trinajstić information content (AvgIpc) is 3.37. The summed E-state index contributed by atoms with van der Waals surface area (Å²) in [6.45, 7) is 0.417. The van der Waals surface area contributed by atoms with E-state index in [4.69, 9.17) is 9.63 Å². The van der Waals surface area contributed by atoms with Gasteiger partial charge in [-0.05, 0) is 30.0 Å². The van der Waals surface area contributed by atoms with E-state index in [1.54, 1.807) is 10.6 Å². The van der Waals surface area contributed by atoms with Gasteiger partial charge in [0.05, 0.1) is 21.5 Å². The van der Waals surface area contributed by atoms with Crippen molar-refractivity contribution in [2.75, 3.05) is 6.61 Å². The lowest BCUT2D eigenvalue weighted by atomic mass is 10.2. The van der Waals surface area contributed by atoms with Crippen LogP contribution in [0.5, 0.6) is 0 Å². The number of rotatable bonds is 7. The second-order valence-electron chi connectivity index (χ2n) is 5.73. The van der Waals surface area contributed by atoms with Gasteiger partial charge in [-0.15, -0.1) is 11.3 Å². The van der Waals surface area contributed by atoms with Crippen molar-refractivity contribution in [1.29, 1.82) is 0 Å². The van der Waals surface area contributed by atoms with Gasteiger partial charge in [-0.1, -0.05) is 35.1 Å². The molecule has 0 bridgehead atoms. The highest BCUT2D eigenvalue weighted by Crippen LogP contribution is 2.25. The average molecular weight is 400 g/mol. The summed E-state index contributed by atoms with van der Waals surface area (Å²) in [5.74, 6) is 1.46. The lowest BCUT2D eigenvalue weighted by molar-refractivity contribution is 0.276. The number of thiophene rings is 1. The molecule has 138 valence electrons. The van der Waals surface area contributed by atoms with E-state index in [0.29, 0.717) is 46.5 Å². The Morgan fingerprint density at radius 1 is 1.19 bits per heavy atom. The van der Waals surface area contributed by atoms with Gasteiger partial charge in [0.2, 0.25) is 0 Å². The fraction of sp³-hybridized carbons (Fsp3) is 0.222. The molecule has 0 spiro atoms. The molecule has 0 aliphatic heterocycles. The predicted octanol–water partition coefficient (Wildman–Crippen LogP) is 3.18. The minimum absolute atomic E-state index is 0.0123. The van der Waals surface area contributed by atoms with Crippen molar-refractivity contribution < 1.29 is 9.63 Å². The Labute approximate surface area is 162 Å². The molecule has 0 amide bonds. The molecule has 0 aliphatic rings. The Kier molecular flexibility index (Phi) is 5.33. The van der Waals surface area contributed by atoms with Crippen molar-refractivity contribution in [2.45, 2.75) is 23.9 Å². The minimum Gasteiger partial charge on any atom is -0.396 e. The number of benzene rings is 1. The fourth-order valence-electron chi connectivity index (χ4n) is 2.63. The lowest BCUT2D eigenvalue weighted by Crippen LogP contribution is -2.24. The van der Waals surface area contributed by atoms with Crippen molar-refractivity contribution in [3.63, 3.8) is 0 Å². The van der Waals surface area contributed by atoms with Crippen LogP contribution in [0.3, 0.4) is 0 Å². The van der Waals surface area contributed by atoms with E-state index < -0.39 is 0 Å². The first-order valence-corrected chi connectivity index (χ1v) is 10.2. The number of aliphatic hydroxyl groups is 1. The minimum atomic E-state index is -0.107. The predicted molar refractivity (Wildman–Crippen MR) is 105 cm³/mol. The zero-order chi connectivity index (χ0) is 18.6. The van der Waals surface area contributed by atoms with Crippen molar-refractivity contribution in [3.05, 3.63) is 58.0 Å². The highest BCUT2D eigenvalue weighted by atomic mass is 32.2. The van der Waals surface area contributed by atoms with Crippen LogP contribution in [0.15, 0.2) is 56.3 Å². The molecule has 0 unspecified atom stereocenters. The Morgan fingerprint density at radius 2 is 2.07 bits per heavy atom. The Hall–Kier alpha value is -2.49.